The van der Waals surface area contributed by atoms with Crippen molar-refractivity contribution in [3.63, 3.8) is 0 Å². The van der Waals surface area contributed by atoms with E-state index in [0.717, 1.165) is 4.31 Å². The lowest BCUT2D eigenvalue weighted by Gasteiger charge is -2.21. The summed E-state index contributed by atoms with van der Waals surface area (Å²) in [5, 5.41) is 8.56. The summed E-state index contributed by atoms with van der Waals surface area (Å²) in [4.78, 5) is 14.7. The predicted molar refractivity (Wildman–Crippen MR) is 117 cm³/mol. The predicted octanol–water partition coefficient (Wildman–Crippen LogP) is 3.69. The minimum Gasteiger partial charge on any atom is -0.419 e. The summed E-state index contributed by atoms with van der Waals surface area (Å²) in [7, 11) is -0.764. The lowest BCUT2D eigenvalue weighted by Crippen LogP contribution is -2.31. The zero-order valence-corrected chi connectivity index (χ0v) is 19.0. The zero-order chi connectivity index (χ0) is 22.6. The Hall–Kier alpha value is -2.75. The number of benzene rings is 2. The highest BCUT2D eigenvalue weighted by Crippen LogP contribution is 2.26. The van der Waals surface area contributed by atoms with Crippen molar-refractivity contribution >= 4 is 27.5 Å². The molecule has 0 saturated heterocycles. The van der Waals surface area contributed by atoms with E-state index in [1.165, 1.54) is 26.2 Å². The molecule has 0 radical (unpaired) electrons. The molecule has 0 fully saturated rings. The Morgan fingerprint density at radius 2 is 1.84 bits per heavy atom. The van der Waals surface area contributed by atoms with Crippen molar-refractivity contribution in [3.8, 4) is 11.5 Å². The van der Waals surface area contributed by atoms with Crippen molar-refractivity contribution in [3.05, 3.63) is 65.0 Å². The molecule has 8 nitrogen and oxygen atoms in total. The highest BCUT2D eigenvalue weighted by molar-refractivity contribution is 7.89. The molecule has 2 aromatic carbocycles. The van der Waals surface area contributed by atoms with Crippen molar-refractivity contribution < 1.29 is 17.6 Å². The number of carbonyl (C=O) groups is 1. The fraction of sp³-hybridized carbons (Fsp3) is 0.286. The van der Waals surface area contributed by atoms with Crippen LogP contribution in [0.4, 0.5) is 0 Å². The zero-order valence-electron chi connectivity index (χ0n) is 17.4. The van der Waals surface area contributed by atoms with E-state index in [1.54, 1.807) is 35.2 Å². The molecule has 1 aromatic heterocycles. The molecular weight excluding hydrogens is 440 g/mol. The maximum Gasteiger partial charge on any atom is 0.254 e. The number of sulfonamides is 1. The normalized spacial score (nSPS) is 11.6. The molecule has 0 saturated carbocycles. The molecule has 0 aliphatic heterocycles. The lowest BCUT2D eigenvalue weighted by atomic mass is 10.2. The average Bonchev–Trinajstić information content (AvgIpc) is 3.21. The van der Waals surface area contributed by atoms with Gasteiger partial charge in [0.05, 0.1) is 22.0 Å². The first kappa shape index (κ1) is 22.9. The maximum absolute atomic E-state index is 13.1. The van der Waals surface area contributed by atoms with Crippen LogP contribution in [0.5, 0.6) is 0 Å². The van der Waals surface area contributed by atoms with Gasteiger partial charge in [0, 0.05) is 26.2 Å². The van der Waals surface area contributed by atoms with E-state index >= 15 is 0 Å². The van der Waals surface area contributed by atoms with Gasteiger partial charge in [0.2, 0.25) is 21.8 Å². The third-order valence-electron chi connectivity index (χ3n) is 4.54. The van der Waals surface area contributed by atoms with Gasteiger partial charge in [-0.1, -0.05) is 36.7 Å². The summed E-state index contributed by atoms with van der Waals surface area (Å²) in [5.74, 6) is 0.201. The molecule has 3 rings (SSSR count). The molecular formula is C21H23ClN4O4S. The van der Waals surface area contributed by atoms with Gasteiger partial charge in [-0.15, -0.1) is 10.2 Å². The van der Waals surface area contributed by atoms with Crippen molar-refractivity contribution in [2.24, 2.45) is 0 Å². The van der Waals surface area contributed by atoms with E-state index in [-0.39, 0.29) is 34.7 Å². The second-order valence-electron chi connectivity index (χ2n) is 7.02. The number of halogens is 1. The molecule has 0 spiro atoms. The molecule has 0 atom stereocenters. The molecule has 0 aliphatic carbocycles. The van der Waals surface area contributed by atoms with Crippen molar-refractivity contribution in [2.45, 2.75) is 24.8 Å². The van der Waals surface area contributed by atoms with Crippen LogP contribution < -0.4 is 0 Å². The number of nitrogens with zero attached hydrogens (tertiary/aromatic N) is 4. The van der Waals surface area contributed by atoms with Crippen LogP contribution in [0.15, 0.2) is 57.8 Å². The van der Waals surface area contributed by atoms with Gasteiger partial charge >= 0.3 is 0 Å². The molecule has 0 N–H and O–H groups in total. The number of aromatic nitrogens is 2. The van der Waals surface area contributed by atoms with Crippen LogP contribution in [-0.2, 0) is 16.6 Å². The minimum atomic E-state index is -3.65. The fourth-order valence-electron chi connectivity index (χ4n) is 2.93. The molecule has 31 heavy (non-hydrogen) atoms. The highest BCUT2D eigenvalue weighted by Gasteiger charge is 2.23. The number of rotatable bonds is 8. The smallest absolute Gasteiger partial charge is 0.254 e. The SMILES string of the molecule is CCCN(Cc1nnc(-c2ccccc2Cl)o1)C(=O)c1cccc(S(=O)(=O)N(C)C)c1. The first-order chi connectivity index (χ1) is 14.7. The Morgan fingerprint density at radius 1 is 1.10 bits per heavy atom. The maximum atomic E-state index is 13.1. The first-order valence-electron chi connectivity index (χ1n) is 9.63. The van der Waals surface area contributed by atoms with Crippen LogP contribution in [0.25, 0.3) is 11.5 Å². The molecule has 0 bridgehead atoms. The van der Waals surface area contributed by atoms with Gasteiger partial charge in [-0.3, -0.25) is 4.79 Å². The third kappa shape index (κ3) is 5.12. The largest absolute Gasteiger partial charge is 0.419 e. The van der Waals surface area contributed by atoms with Gasteiger partial charge < -0.3 is 9.32 Å². The second kappa shape index (κ2) is 9.59. The summed E-state index contributed by atoms with van der Waals surface area (Å²) in [5.41, 5.74) is 0.875. The van der Waals surface area contributed by atoms with Crippen molar-refractivity contribution in [2.75, 3.05) is 20.6 Å². The van der Waals surface area contributed by atoms with E-state index in [0.29, 0.717) is 23.6 Å². The highest BCUT2D eigenvalue weighted by atomic mass is 35.5. The Kier molecular flexibility index (Phi) is 7.09. The summed E-state index contributed by atoms with van der Waals surface area (Å²) in [6.45, 7) is 2.47. The van der Waals surface area contributed by atoms with Crippen LogP contribution in [0, 0.1) is 0 Å². The van der Waals surface area contributed by atoms with E-state index in [1.807, 2.05) is 13.0 Å². The van der Waals surface area contributed by atoms with Crippen molar-refractivity contribution in [1.29, 1.82) is 0 Å². The quantitative estimate of drug-likeness (QED) is 0.506. The summed E-state index contributed by atoms with van der Waals surface area (Å²) in [6, 6.07) is 13.1. The number of carbonyl (C=O) groups excluding carboxylic acids is 1. The average molecular weight is 463 g/mol. The van der Waals surface area contributed by atoms with Crippen LogP contribution in [0.1, 0.15) is 29.6 Å². The minimum absolute atomic E-state index is 0.0543. The van der Waals surface area contributed by atoms with E-state index in [9.17, 15) is 13.2 Å². The Labute approximate surface area is 186 Å². The molecule has 3 aromatic rings. The van der Waals surface area contributed by atoms with E-state index < -0.39 is 10.0 Å². The van der Waals surface area contributed by atoms with Crippen LogP contribution >= 0.6 is 11.6 Å². The Morgan fingerprint density at radius 3 is 2.52 bits per heavy atom. The van der Waals surface area contributed by atoms with Crippen LogP contribution in [-0.4, -0.2) is 54.4 Å². The summed E-state index contributed by atoms with van der Waals surface area (Å²) in [6.07, 6.45) is 0.701. The van der Waals surface area contributed by atoms with E-state index in [2.05, 4.69) is 10.2 Å². The first-order valence-corrected chi connectivity index (χ1v) is 11.4. The van der Waals surface area contributed by atoms with Crippen molar-refractivity contribution in [1.82, 2.24) is 19.4 Å². The van der Waals surface area contributed by atoms with Gasteiger partial charge in [0.25, 0.3) is 5.91 Å². The van der Waals surface area contributed by atoms with Gasteiger partial charge in [-0.25, -0.2) is 12.7 Å². The molecule has 1 amide bonds. The second-order valence-corrected chi connectivity index (χ2v) is 9.58. The van der Waals surface area contributed by atoms with E-state index in [4.69, 9.17) is 16.0 Å². The standard InChI is InChI=1S/C21H23ClN4O4S/c1-4-12-26(14-19-23-24-20(30-19)17-10-5-6-11-18(17)22)21(27)15-8-7-9-16(13-15)31(28,29)25(2)3/h5-11,13H,4,12,14H2,1-3H3. The molecule has 164 valence electrons. The Balaban J connectivity index is 1.85. The van der Waals surface area contributed by atoms with Gasteiger partial charge in [-0.05, 0) is 36.8 Å². The number of hydrogen-bond donors (Lipinski definition) is 0. The molecule has 10 heteroatoms. The van der Waals surface area contributed by atoms with Gasteiger partial charge in [-0.2, -0.15) is 0 Å². The number of amides is 1. The van der Waals surface area contributed by atoms with Gasteiger partial charge in [0.1, 0.15) is 0 Å². The van der Waals surface area contributed by atoms with Crippen LogP contribution in [0.3, 0.4) is 0 Å². The van der Waals surface area contributed by atoms with Gasteiger partial charge in [0.15, 0.2) is 0 Å². The molecule has 0 aliphatic rings. The monoisotopic (exact) mass is 462 g/mol. The number of hydrogen-bond acceptors (Lipinski definition) is 6. The molecule has 0 unspecified atom stereocenters. The summed E-state index contributed by atoms with van der Waals surface area (Å²) >= 11 is 6.18. The topological polar surface area (TPSA) is 96.6 Å². The summed E-state index contributed by atoms with van der Waals surface area (Å²) < 4.78 is 31.7. The Bertz CT molecular complexity index is 1180. The molecule has 1 heterocycles. The van der Waals surface area contributed by atoms with Crippen LogP contribution in [0.2, 0.25) is 5.02 Å². The third-order valence-corrected chi connectivity index (χ3v) is 6.68. The fourth-order valence-corrected chi connectivity index (χ4v) is 4.09. The lowest BCUT2D eigenvalue weighted by molar-refractivity contribution is 0.0728.